The van der Waals surface area contributed by atoms with Crippen LogP contribution in [0, 0.1) is 12.8 Å². The maximum Gasteiger partial charge on any atom is 0.260 e. The van der Waals surface area contributed by atoms with Crippen molar-refractivity contribution in [1.82, 2.24) is 4.90 Å². The van der Waals surface area contributed by atoms with E-state index in [9.17, 15) is 9.90 Å². The van der Waals surface area contributed by atoms with E-state index in [0.717, 1.165) is 24.2 Å². The van der Waals surface area contributed by atoms with E-state index in [2.05, 4.69) is 0 Å². The Morgan fingerprint density at radius 2 is 2.11 bits per heavy atom. The van der Waals surface area contributed by atoms with Crippen LogP contribution in [0.15, 0.2) is 24.3 Å². The van der Waals surface area contributed by atoms with Crippen molar-refractivity contribution >= 4 is 5.91 Å². The molecular weight excluding hydrogens is 242 g/mol. The molecule has 3 rings (SSSR count). The van der Waals surface area contributed by atoms with Crippen LogP contribution in [0.5, 0.6) is 5.75 Å². The number of hydrogen-bond donors (Lipinski definition) is 1. The lowest BCUT2D eigenvalue weighted by Crippen LogP contribution is -2.65. The molecule has 2 aliphatic rings. The normalized spacial score (nSPS) is 20.8. The Balaban J connectivity index is 1.49. The summed E-state index contributed by atoms with van der Waals surface area (Å²) in [4.78, 5) is 13.6. The summed E-state index contributed by atoms with van der Waals surface area (Å²) in [6.45, 7) is 2.93. The van der Waals surface area contributed by atoms with Crippen LogP contribution in [0.2, 0.25) is 0 Å². The van der Waals surface area contributed by atoms with Crippen molar-refractivity contribution in [2.75, 3.05) is 19.7 Å². The maximum atomic E-state index is 11.9. The molecule has 4 heteroatoms. The monoisotopic (exact) mass is 261 g/mol. The zero-order valence-electron chi connectivity index (χ0n) is 11.1. The number of para-hydroxylation sites is 1. The number of rotatable bonds is 4. The van der Waals surface area contributed by atoms with Gasteiger partial charge in [-0.25, -0.2) is 0 Å². The number of aliphatic hydroxyl groups is 1. The topological polar surface area (TPSA) is 49.8 Å². The Morgan fingerprint density at radius 3 is 2.74 bits per heavy atom. The second-order valence-corrected chi connectivity index (χ2v) is 5.68. The lowest BCUT2D eigenvalue weighted by Gasteiger charge is -2.46. The van der Waals surface area contributed by atoms with Gasteiger partial charge in [-0.05, 0) is 37.3 Å². The molecule has 0 radical (unpaired) electrons. The van der Waals surface area contributed by atoms with Crippen molar-refractivity contribution in [3.63, 3.8) is 0 Å². The molecule has 19 heavy (non-hydrogen) atoms. The summed E-state index contributed by atoms with van der Waals surface area (Å²) in [7, 11) is 0. The average molecular weight is 261 g/mol. The van der Waals surface area contributed by atoms with Gasteiger partial charge in [0.25, 0.3) is 5.91 Å². The van der Waals surface area contributed by atoms with Crippen LogP contribution in [0.25, 0.3) is 0 Å². The summed E-state index contributed by atoms with van der Waals surface area (Å²) in [5, 5.41) is 10.2. The number of benzene rings is 1. The number of likely N-dealkylation sites (tertiary alicyclic amines) is 1. The fourth-order valence-electron chi connectivity index (χ4n) is 2.62. The molecule has 1 aromatic carbocycles. The molecule has 1 saturated carbocycles. The van der Waals surface area contributed by atoms with E-state index in [1.54, 1.807) is 4.90 Å². The molecule has 1 aliphatic heterocycles. The number of β-amino-alcohol motifs (C(OH)–C–C–N with tert-alkyl or cyclic N) is 1. The van der Waals surface area contributed by atoms with Crippen LogP contribution in [-0.4, -0.2) is 41.2 Å². The number of aryl methyl sites for hydroxylation is 1. The van der Waals surface area contributed by atoms with Gasteiger partial charge in [-0.2, -0.15) is 0 Å². The quantitative estimate of drug-likeness (QED) is 0.890. The highest BCUT2D eigenvalue weighted by Gasteiger charge is 2.53. The molecule has 2 fully saturated rings. The van der Waals surface area contributed by atoms with Gasteiger partial charge in [-0.1, -0.05) is 18.2 Å². The predicted molar refractivity (Wildman–Crippen MR) is 70.9 cm³/mol. The Bertz CT molecular complexity index is 490. The molecule has 1 aliphatic carbocycles. The Labute approximate surface area is 113 Å². The molecule has 0 unspecified atom stereocenters. The maximum absolute atomic E-state index is 11.9. The number of hydrogen-bond acceptors (Lipinski definition) is 3. The smallest absolute Gasteiger partial charge is 0.260 e. The van der Waals surface area contributed by atoms with Crippen molar-refractivity contribution in [2.45, 2.75) is 25.4 Å². The molecule has 0 atom stereocenters. The number of carbonyl (C=O) groups is 1. The van der Waals surface area contributed by atoms with E-state index < -0.39 is 5.60 Å². The van der Waals surface area contributed by atoms with Crippen molar-refractivity contribution in [2.24, 2.45) is 5.92 Å². The highest BCUT2D eigenvalue weighted by molar-refractivity contribution is 5.79. The third kappa shape index (κ3) is 2.45. The third-order valence-corrected chi connectivity index (χ3v) is 4.06. The molecule has 4 nitrogen and oxygen atoms in total. The summed E-state index contributed by atoms with van der Waals surface area (Å²) >= 11 is 0. The van der Waals surface area contributed by atoms with Crippen LogP contribution < -0.4 is 4.74 Å². The standard InChI is InChI=1S/C15H19NO3/c1-11-4-2-3-5-13(11)19-8-14(17)16-9-15(18,10-16)12-6-7-12/h2-5,12,18H,6-10H2,1H3. The molecule has 1 N–H and O–H groups in total. The van der Waals surface area contributed by atoms with Crippen LogP contribution in [-0.2, 0) is 4.79 Å². The van der Waals surface area contributed by atoms with Crippen LogP contribution in [0.1, 0.15) is 18.4 Å². The SMILES string of the molecule is Cc1ccccc1OCC(=O)N1CC(O)(C2CC2)C1. The van der Waals surface area contributed by atoms with Crippen molar-refractivity contribution < 1.29 is 14.6 Å². The van der Waals surface area contributed by atoms with Crippen LogP contribution in [0.3, 0.4) is 0 Å². The summed E-state index contributed by atoms with van der Waals surface area (Å²) in [5.41, 5.74) is 0.409. The number of amides is 1. The van der Waals surface area contributed by atoms with Crippen molar-refractivity contribution in [3.8, 4) is 5.75 Å². The first-order valence-corrected chi connectivity index (χ1v) is 6.77. The summed E-state index contributed by atoms with van der Waals surface area (Å²) < 4.78 is 5.53. The number of ether oxygens (including phenoxy) is 1. The Hall–Kier alpha value is -1.55. The van der Waals surface area contributed by atoms with Crippen molar-refractivity contribution in [1.29, 1.82) is 0 Å². The molecule has 0 bridgehead atoms. The minimum absolute atomic E-state index is 0.0472. The van der Waals surface area contributed by atoms with Crippen LogP contribution >= 0.6 is 0 Å². The minimum Gasteiger partial charge on any atom is -0.484 e. The van der Waals surface area contributed by atoms with Gasteiger partial charge >= 0.3 is 0 Å². The Morgan fingerprint density at radius 1 is 1.42 bits per heavy atom. The van der Waals surface area contributed by atoms with Gasteiger partial charge < -0.3 is 14.7 Å². The molecule has 0 aromatic heterocycles. The van der Waals surface area contributed by atoms with E-state index in [1.807, 2.05) is 31.2 Å². The molecule has 1 heterocycles. The lowest BCUT2D eigenvalue weighted by atomic mass is 9.89. The first-order chi connectivity index (χ1) is 9.08. The molecule has 0 spiro atoms. The van der Waals surface area contributed by atoms with Gasteiger partial charge in [0.1, 0.15) is 11.4 Å². The average Bonchev–Trinajstić information content (AvgIpc) is 3.18. The van der Waals surface area contributed by atoms with Gasteiger partial charge in [-0.15, -0.1) is 0 Å². The van der Waals surface area contributed by atoms with E-state index in [-0.39, 0.29) is 12.5 Å². The summed E-state index contributed by atoms with van der Waals surface area (Å²) in [6.07, 6.45) is 2.19. The van der Waals surface area contributed by atoms with E-state index >= 15 is 0 Å². The molecular formula is C15H19NO3. The largest absolute Gasteiger partial charge is 0.484 e. The molecule has 1 amide bonds. The summed E-state index contributed by atoms with van der Waals surface area (Å²) in [6, 6.07) is 7.64. The highest BCUT2D eigenvalue weighted by atomic mass is 16.5. The third-order valence-electron chi connectivity index (χ3n) is 4.06. The van der Waals surface area contributed by atoms with Gasteiger partial charge in [0.15, 0.2) is 6.61 Å². The first kappa shape index (κ1) is 12.5. The van der Waals surface area contributed by atoms with Gasteiger partial charge in [-0.3, -0.25) is 4.79 Å². The van der Waals surface area contributed by atoms with Gasteiger partial charge in [0.05, 0.1) is 13.1 Å². The minimum atomic E-state index is -0.613. The highest BCUT2D eigenvalue weighted by Crippen LogP contribution is 2.44. The van der Waals surface area contributed by atoms with Gasteiger partial charge in [0, 0.05) is 0 Å². The second kappa shape index (κ2) is 4.53. The fraction of sp³-hybridized carbons (Fsp3) is 0.533. The van der Waals surface area contributed by atoms with Crippen molar-refractivity contribution in [3.05, 3.63) is 29.8 Å². The fourth-order valence-corrected chi connectivity index (χ4v) is 2.62. The second-order valence-electron chi connectivity index (χ2n) is 5.68. The Kier molecular flexibility index (Phi) is 2.97. The zero-order valence-corrected chi connectivity index (χ0v) is 11.1. The van der Waals surface area contributed by atoms with Gasteiger partial charge in [0.2, 0.25) is 0 Å². The van der Waals surface area contributed by atoms with E-state index in [1.165, 1.54) is 0 Å². The zero-order chi connectivity index (χ0) is 13.5. The summed E-state index contributed by atoms with van der Waals surface area (Å²) in [5.74, 6) is 1.11. The number of nitrogens with zero attached hydrogens (tertiary/aromatic N) is 1. The first-order valence-electron chi connectivity index (χ1n) is 6.77. The molecule has 1 saturated heterocycles. The van der Waals surface area contributed by atoms with E-state index in [0.29, 0.717) is 19.0 Å². The van der Waals surface area contributed by atoms with Crippen LogP contribution in [0.4, 0.5) is 0 Å². The predicted octanol–water partition coefficient (Wildman–Crippen LogP) is 1.36. The molecule has 102 valence electrons. The molecule has 1 aromatic rings. The lowest BCUT2D eigenvalue weighted by molar-refractivity contribution is -0.161. The van der Waals surface area contributed by atoms with E-state index in [4.69, 9.17) is 4.74 Å². The number of carbonyl (C=O) groups excluding carboxylic acids is 1.